The number of hydrogen-bond donors (Lipinski definition) is 2. The molecule has 0 saturated carbocycles. The molecule has 1 fully saturated rings. The third-order valence-corrected chi connectivity index (χ3v) is 8.82. The maximum Gasteiger partial charge on any atom is 0.507 e. The molecule has 3 atom stereocenters. The van der Waals surface area contributed by atoms with Crippen LogP contribution in [0.5, 0.6) is 5.75 Å². The van der Waals surface area contributed by atoms with Crippen molar-refractivity contribution in [3.05, 3.63) is 64.6 Å². The highest BCUT2D eigenvalue weighted by atomic mass is 35.5. The Morgan fingerprint density at radius 3 is 2.60 bits per heavy atom. The number of carbonyl (C=O) groups is 4. The highest BCUT2D eigenvalue weighted by Crippen LogP contribution is 2.48. The number of nitrogens with zero attached hydrogens (tertiary/aromatic N) is 2. The first-order valence-corrected chi connectivity index (χ1v) is 16.1. The summed E-state index contributed by atoms with van der Waals surface area (Å²) in [5, 5.41) is 11.5. The van der Waals surface area contributed by atoms with Crippen LogP contribution < -0.4 is 10.1 Å². The largest absolute Gasteiger partial charge is 0.507 e. The van der Waals surface area contributed by atoms with E-state index in [1.54, 1.807) is 0 Å². The smallest absolute Gasteiger partial charge is 0.481 e. The van der Waals surface area contributed by atoms with Crippen LogP contribution in [0, 0.1) is 5.82 Å². The van der Waals surface area contributed by atoms with Crippen molar-refractivity contribution < 1.29 is 60.9 Å². The van der Waals surface area contributed by atoms with Crippen molar-refractivity contribution in [2.75, 3.05) is 33.6 Å². The number of fused-ring (bicyclic) bond motifs is 1. The van der Waals surface area contributed by atoms with Gasteiger partial charge in [0, 0.05) is 48.9 Å². The second kappa shape index (κ2) is 15.7. The number of Topliss-reactive ketones (excluding diaryl/α,β-unsaturated/α-hetero) is 1. The zero-order valence-corrected chi connectivity index (χ0v) is 26.8. The molecule has 254 valence electrons. The summed E-state index contributed by atoms with van der Waals surface area (Å²) in [4.78, 5) is 50.6. The van der Waals surface area contributed by atoms with E-state index in [9.17, 15) is 32.5 Å². The van der Waals surface area contributed by atoms with E-state index in [0.29, 0.717) is 10.9 Å². The number of ether oxygens (including phenoxy) is 3. The minimum absolute atomic E-state index is 0.110. The van der Waals surface area contributed by atoms with Gasteiger partial charge in [0.2, 0.25) is 18.6 Å². The molecule has 3 aromatic rings. The summed E-state index contributed by atoms with van der Waals surface area (Å²) >= 11 is 5.80. The van der Waals surface area contributed by atoms with Crippen LogP contribution in [0.25, 0.3) is 10.9 Å². The van der Waals surface area contributed by atoms with Crippen molar-refractivity contribution in [3.63, 3.8) is 0 Å². The number of aromatic nitrogens is 1. The molecule has 0 radical (unpaired) electrons. The van der Waals surface area contributed by atoms with Gasteiger partial charge in [0.1, 0.15) is 30.3 Å². The van der Waals surface area contributed by atoms with Crippen molar-refractivity contribution in [3.8, 4) is 5.75 Å². The minimum Gasteiger partial charge on any atom is -0.481 e. The van der Waals surface area contributed by atoms with Gasteiger partial charge in [-0.2, -0.15) is 0 Å². The summed E-state index contributed by atoms with van der Waals surface area (Å²) in [6.45, 7) is -1.00. The Hall–Kier alpha value is -4.08. The second-order valence-electron chi connectivity index (χ2n) is 10.3. The Bertz CT molecular complexity index is 1700. The molecule has 0 spiro atoms. The van der Waals surface area contributed by atoms with E-state index in [0.717, 1.165) is 4.90 Å². The van der Waals surface area contributed by atoms with Crippen LogP contribution in [-0.2, 0) is 45.8 Å². The van der Waals surface area contributed by atoms with Crippen molar-refractivity contribution >= 4 is 53.9 Å². The second-order valence-corrected chi connectivity index (χ2v) is 12.7. The maximum absolute atomic E-state index is 14.5. The van der Waals surface area contributed by atoms with Gasteiger partial charge in [0.25, 0.3) is 0 Å². The molecule has 4 rings (SSSR count). The number of nitrogens with one attached hydrogen (secondary N) is 1. The number of halogens is 3. The molecule has 2 aromatic carbocycles. The summed E-state index contributed by atoms with van der Waals surface area (Å²) in [5.41, 5.74) is 0.733. The van der Waals surface area contributed by atoms with Crippen LogP contribution in [0.2, 0.25) is 5.02 Å². The van der Waals surface area contributed by atoms with Crippen molar-refractivity contribution in [2.24, 2.45) is 0 Å². The molecule has 18 heteroatoms. The summed E-state index contributed by atoms with van der Waals surface area (Å²) in [7, 11) is -2.82. The predicted octanol–water partition coefficient (Wildman–Crippen LogP) is 4.71. The van der Waals surface area contributed by atoms with Crippen molar-refractivity contribution in [1.29, 1.82) is 0 Å². The lowest BCUT2D eigenvalue weighted by atomic mass is 10.1. The van der Waals surface area contributed by atoms with Crippen LogP contribution in [-0.4, -0.2) is 84.1 Å². The average molecular weight is 702 g/mol. The normalized spacial score (nSPS) is 17.3. The Morgan fingerprint density at radius 2 is 1.89 bits per heavy atom. The monoisotopic (exact) mass is 701 g/mol. The number of carbonyl (C=O) groups excluding carboxylic acids is 3. The third-order valence-electron chi connectivity index (χ3n) is 7.08. The molecular formula is C29H31ClF2N3O11P. The van der Waals surface area contributed by atoms with E-state index in [1.807, 2.05) is 0 Å². The number of rotatable bonds is 15. The van der Waals surface area contributed by atoms with Crippen LogP contribution in [0.1, 0.15) is 29.3 Å². The average Bonchev–Trinajstić information content (AvgIpc) is 3.60. The zero-order chi connectivity index (χ0) is 34.3. The van der Waals surface area contributed by atoms with Gasteiger partial charge >= 0.3 is 13.8 Å². The topological polar surface area (TPSA) is 172 Å². The molecule has 1 saturated heterocycles. The quantitative estimate of drug-likeness (QED) is 0.0973. The molecule has 1 aromatic heterocycles. The summed E-state index contributed by atoms with van der Waals surface area (Å²) < 4.78 is 67.8. The molecule has 14 nitrogen and oxygen atoms in total. The zero-order valence-electron chi connectivity index (χ0n) is 25.2. The van der Waals surface area contributed by atoms with Gasteiger partial charge in [0.15, 0.2) is 18.9 Å². The number of alkyl halides is 1. The van der Waals surface area contributed by atoms with E-state index in [-0.39, 0.29) is 47.2 Å². The van der Waals surface area contributed by atoms with E-state index in [4.69, 9.17) is 35.2 Å². The van der Waals surface area contributed by atoms with Gasteiger partial charge in [-0.3, -0.25) is 28.0 Å². The minimum atomic E-state index is -4.09. The summed E-state index contributed by atoms with van der Waals surface area (Å²) in [6.07, 6.45) is -2.66. The molecule has 2 amide bonds. The fourth-order valence-corrected chi connectivity index (χ4v) is 6.06. The number of amides is 2. The van der Waals surface area contributed by atoms with E-state index >= 15 is 0 Å². The SMILES string of the molecule is COCOP(=O)(COc1ccc2c(C(C)=O)cn(CC(=O)N3C[C@H](F)C[C@H]3C(=O)NCc3cccc(Cl)c3F)c2c1)OCOC(=O)O. The number of hydrogen-bond acceptors (Lipinski definition) is 10. The lowest BCUT2D eigenvalue weighted by Gasteiger charge is -2.24. The first-order valence-electron chi connectivity index (χ1n) is 14.0. The van der Waals surface area contributed by atoms with Gasteiger partial charge < -0.3 is 34.1 Å². The highest BCUT2D eigenvalue weighted by molar-refractivity contribution is 7.53. The van der Waals surface area contributed by atoms with Gasteiger partial charge in [0.05, 0.1) is 17.1 Å². The molecule has 47 heavy (non-hydrogen) atoms. The molecule has 0 aliphatic carbocycles. The van der Waals surface area contributed by atoms with Crippen LogP contribution in [0.15, 0.2) is 42.6 Å². The predicted molar refractivity (Wildman–Crippen MR) is 161 cm³/mol. The Balaban J connectivity index is 1.51. The molecule has 2 heterocycles. The Morgan fingerprint density at radius 1 is 1.15 bits per heavy atom. The molecule has 2 N–H and O–H groups in total. The van der Waals surface area contributed by atoms with E-state index in [2.05, 4.69) is 10.1 Å². The van der Waals surface area contributed by atoms with Crippen LogP contribution >= 0.6 is 19.2 Å². The Kier molecular flexibility index (Phi) is 11.9. The molecule has 1 aliphatic heterocycles. The van der Waals surface area contributed by atoms with Gasteiger partial charge in [-0.05, 0) is 25.1 Å². The summed E-state index contributed by atoms with van der Waals surface area (Å²) in [5.74, 6) is -2.20. The lowest BCUT2D eigenvalue weighted by molar-refractivity contribution is -0.139. The first-order chi connectivity index (χ1) is 22.3. The van der Waals surface area contributed by atoms with E-state index in [1.165, 1.54) is 61.2 Å². The van der Waals surface area contributed by atoms with Gasteiger partial charge in [-0.1, -0.05) is 23.7 Å². The number of benzene rings is 2. The summed E-state index contributed by atoms with van der Waals surface area (Å²) in [6, 6.07) is 7.60. The molecular weight excluding hydrogens is 671 g/mol. The van der Waals surface area contributed by atoms with E-state index < -0.39 is 70.1 Å². The van der Waals surface area contributed by atoms with Crippen LogP contribution in [0.4, 0.5) is 13.6 Å². The fourth-order valence-electron chi connectivity index (χ4n) is 4.86. The number of carboxylic acid groups (broad SMARTS) is 1. The standard InChI is InChI=1S/C29H31ClF2N3O11P/c1-17(36)22-12-34(24-9-20(6-7-21(22)24)44-16-47(41,45-14-42-2)46-15-43-29(39)40)13-26(37)35-11-19(31)8-25(35)28(38)33-10-18-4-3-5-23(30)27(18)32/h3-7,9,12,19,25H,8,10-11,13-16H2,1-2H3,(H,33,38)(H,39,40)/t19-,25+,47?/m1/s1. The lowest BCUT2D eigenvalue weighted by Crippen LogP contribution is -2.46. The Labute approximate surface area is 271 Å². The van der Waals surface area contributed by atoms with Crippen LogP contribution in [0.3, 0.4) is 0 Å². The number of methoxy groups -OCH3 is 1. The highest BCUT2D eigenvalue weighted by Gasteiger charge is 2.40. The third kappa shape index (κ3) is 9.05. The number of likely N-dealkylation sites (tertiary alicyclic amines) is 1. The fraction of sp³-hybridized carbons (Fsp3) is 0.379. The molecule has 1 unspecified atom stereocenters. The van der Waals surface area contributed by atoms with Gasteiger partial charge in [-0.15, -0.1) is 0 Å². The molecule has 1 aliphatic rings. The number of ketones is 1. The van der Waals surface area contributed by atoms with Gasteiger partial charge in [-0.25, -0.2) is 13.6 Å². The molecule has 0 bridgehead atoms. The first kappa shape index (κ1) is 35.8. The van der Waals surface area contributed by atoms with Crippen molar-refractivity contribution in [2.45, 2.75) is 38.6 Å². The van der Waals surface area contributed by atoms with Crippen molar-refractivity contribution in [1.82, 2.24) is 14.8 Å². The maximum atomic E-state index is 14.5.